The standard InChI is InChI=1S/C15H20N4OS/c1-4-12-9-18-15(21-12)10(3)19-14(20)13-7-6-11(8-17-13)16-5-2/h6-10,16H,4-5H2,1-3H3,(H,19,20). The molecule has 1 amide bonds. The summed E-state index contributed by atoms with van der Waals surface area (Å²) in [6, 6.07) is 3.46. The number of amides is 1. The zero-order chi connectivity index (χ0) is 15.2. The van der Waals surface area contributed by atoms with Gasteiger partial charge in [-0.3, -0.25) is 4.79 Å². The fraction of sp³-hybridized carbons (Fsp3) is 0.400. The van der Waals surface area contributed by atoms with E-state index >= 15 is 0 Å². The number of hydrogen-bond acceptors (Lipinski definition) is 5. The van der Waals surface area contributed by atoms with Gasteiger partial charge in [0.1, 0.15) is 10.7 Å². The Bertz CT molecular complexity index is 594. The van der Waals surface area contributed by atoms with Crippen LogP contribution in [0.1, 0.15) is 47.2 Å². The lowest BCUT2D eigenvalue weighted by molar-refractivity contribution is 0.0935. The van der Waals surface area contributed by atoms with E-state index in [0.717, 1.165) is 23.7 Å². The SMILES string of the molecule is CCNc1ccc(C(=O)NC(C)c2ncc(CC)s2)nc1. The van der Waals surface area contributed by atoms with Gasteiger partial charge >= 0.3 is 0 Å². The van der Waals surface area contributed by atoms with E-state index in [4.69, 9.17) is 0 Å². The molecule has 5 nitrogen and oxygen atoms in total. The Morgan fingerprint density at radius 3 is 2.67 bits per heavy atom. The Labute approximate surface area is 128 Å². The second kappa shape index (κ2) is 7.17. The molecule has 112 valence electrons. The third-order valence-electron chi connectivity index (χ3n) is 3.01. The van der Waals surface area contributed by atoms with Gasteiger partial charge in [-0.2, -0.15) is 0 Å². The van der Waals surface area contributed by atoms with Gasteiger partial charge < -0.3 is 10.6 Å². The summed E-state index contributed by atoms with van der Waals surface area (Å²) in [4.78, 5) is 21.9. The molecule has 2 heterocycles. The van der Waals surface area contributed by atoms with Crippen molar-refractivity contribution in [2.24, 2.45) is 0 Å². The second-order valence-corrected chi connectivity index (χ2v) is 5.82. The van der Waals surface area contributed by atoms with Crippen LogP contribution in [-0.2, 0) is 6.42 Å². The number of carbonyl (C=O) groups excluding carboxylic acids is 1. The Morgan fingerprint density at radius 1 is 1.29 bits per heavy atom. The monoisotopic (exact) mass is 304 g/mol. The van der Waals surface area contributed by atoms with Crippen molar-refractivity contribution in [3.05, 3.63) is 40.1 Å². The van der Waals surface area contributed by atoms with Gasteiger partial charge in [0.2, 0.25) is 0 Å². The zero-order valence-corrected chi connectivity index (χ0v) is 13.3. The molecule has 0 saturated carbocycles. The van der Waals surface area contributed by atoms with E-state index in [0.29, 0.717) is 5.69 Å². The first-order chi connectivity index (χ1) is 10.1. The highest BCUT2D eigenvalue weighted by Crippen LogP contribution is 2.20. The third kappa shape index (κ3) is 4.01. The molecule has 6 heteroatoms. The van der Waals surface area contributed by atoms with Crippen LogP contribution in [0, 0.1) is 0 Å². The third-order valence-corrected chi connectivity index (χ3v) is 4.34. The summed E-state index contributed by atoms with van der Waals surface area (Å²) in [6.45, 7) is 6.87. The van der Waals surface area contributed by atoms with Crippen molar-refractivity contribution in [3.8, 4) is 0 Å². The summed E-state index contributed by atoms with van der Waals surface area (Å²) in [7, 11) is 0. The van der Waals surface area contributed by atoms with Crippen molar-refractivity contribution in [1.29, 1.82) is 0 Å². The van der Waals surface area contributed by atoms with Crippen molar-refractivity contribution in [2.75, 3.05) is 11.9 Å². The molecule has 0 aliphatic heterocycles. The topological polar surface area (TPSA) is 66.9 Å². The van der Waals surface area contributed by atoms with Crippen molar-refractivity contribution < 1.29 is 4.79 Å². The molecular formula is C15H20N4OS. The van der Waals surface area contributed by atoms with Crippen molar-refractivity contribution >= 4 is 22.9 Å². The maximum absolute atomic E-state index is 12.2. The van der Waals surface area contributed by atoms with E-state index < -0.39 is 0 Å². The molecule has 0 spiro atoms. The van der Waals surface area contributed by atoms with Crippen LogP contribution < -0.4 is 10.6 Å². The number of nitrogens with one attached hydrogen (secondary N) is 2. The van der Waals surface area contributed by atoms with Crippen LogP contribution in [0.15, 0.2) is 24.5 Å². The Kier molecular flexibility index (Phi) is 5.27. The molecule has 0 aliphatic carbocycles. The van der Waals surface area contributed by atoms with Gasteiger partial charge in [0, 0.05) is 17.6 Å². The van der Waals surface area contributed by atoms with E-state index in [1.807, 2.05) is 26.1 Å². The van der Waals surface area contributed by atoms with E-state index in [2.05, 4.69) is 27.5 Å². The average molecular weight is 304 g/mol. The normalized spacial score (nSPS) is 12.0. The molecular weight excluding hydrogens is 284 g/mol. The summed E-state index contributed by atoms with van der Waals surface area (Å²) < 4.78 is 0. The molecule has 0 bridgehead atoms. The molecule has 0 aromatic carbocycles. The summed E-state index contributed by atoms with van der Waals surface area (Å²) in [5.41, 5.74) is 1.32. The fourth-order valence-corrected chi connectivity index (χ4v) is 2.71. The lowest BCUT2D eigenvalue weighted by Gasteiger charge is -2.11. The number of carbonyl (C=O) groups is 1. The largest absolute Gasteiger partial charge is 0.384 e. The number of nitrogens with zero attached hydrogens (tertiary/aromatic N) is 2. The summed E-state index contributed by atoms with van der Waals surface area (Å²) >= 11 is 1.63. The highest BCUT2D eigenvalue weighted by Gasteiger charge is 2.15. The lowest BCUT2D eigenvalue weighted by Crippen LogP contribution is -2.27. The molecule has 21 heavy (non-hydrogen) atoms. The van der Waals surface area contributed by atoms with Crippen LogP contribution in [-0.4, -0.2) is 22.4 Å². The molecule has 1 unspecified atom stereocenters. The first kappa shape index (κ1) is 15.4. The molecule has 2 aromatic rings. The number of pyridine rings is 1. The van der Waals surface area contributed by atoms with Gasteiger partial charge in [0.25, 0.3) is 5.91 Å². The van der Waals surface area contributed by atoms with Crippen LogP contribution in [0.3, 0.4) is 0 Å². The Balaban J connectivity index is 1.99. The van der Waals surface area contributed by atoms with Gasteiger partial charge in [-0.1, -0.05) is 6.92 Å². The number of anilines is 1. The fourth-order valence-electron chi connectivity index (χ4n) is 1.86. The molecule has 2 aromatic heterocycles. The van der Waals surface area contributed by atoms with Gasteiger partial charge in [-0.25, -0.2) is 9.97 Å². The quantitative estimate of drug-likeness (QED) is 0.861. The molecule has 1 atom stereocenters. The molecule has 2 rings (SSSR count). The predicted octanol–water partition coefficient (Wildman–Crippen LogP) is 3.02. The highest BCUT2D eigenvalue weighted by molar-refractivity contribution is 7.11. The number of thiazole rings is 1. The average Bonchev–Trinajstić information content (AvgIpc) is 2.97. The molecule has 0 fully saturated rings. The van der Waals surface area contributed by atoms with Crippen molar-refractivity contribution in [3.63, 3.8) is 0 Å². The van der Waals surface area contributed by atoms with Crippen molar-refractivity contribution in [2.45, 2.75) is 33.2 Å². The molecule has 0 saturated heterocycles. The Hall–Kier alpha value is -1.95. The molecule has 2 N–H and O–H groups in total. The number of aryl methyl sites for hydroxylation is 1. The minimum atomic E-state index is -0.182. The number of rotatable bonds is 6. The number of aromatic nitrogens is 2. The summed E-state index contributed by atoms with van der Waals surface area (Å²) in [5, 5.41) is 7.00. The van der Waals surface area contributed by atoms with Gasteiger partial charge in [-0.15, -0.1) is 11.3 Å². The minimum Gasteiger partial charge on any atom is -0.384 e. The lowest BCUT2D eigenvalue weighted by atomic mass is 10.3. The van der Waals surface area contributed by atoms with Crippen LogP contribution >= 0.6 is 11.3 Å². The van der Waals surface area contributed by atoms with Crippen molar-refractivity contribution in [1.82, 2.24) is 15.3 Å². The smallest absolute Gasteiger partial charge is 0.270 e. The van der Waals surface area contributed by atoms with Gasteiger partial charge in [0.15, 0.2) is 0 Å². The van der Waals surface area contributed by atoms with E-state index in [1.165, 1.54) is 4.88 Å². The first-order valence-electron chi connectivity index (χ1n) is 7.09. The maximum atomic E-state index is 12.2. The zero-order valence-electron chi connectivity index (χ0n) is 12.5. The van der Waals surface area contributed by atoms with Crippen LogP contribution in [0.25, 0.3) is 0 Å². The summed E-state index contributed by atoms with van der Waals surface area (Å²) in [6.07, 6.45) is 4.50. The predicted molar refractivity (Wildman–Crippen MR) is 85.8 cm³/mol. The highest BCUT2D eigenvalue weighted by atomic mass is 32.1. The molecule has 0 aliphatic rings. The first-order valence-corrected chi connectivity index (χ1v) is 7.91. The minimum absolute atomic E-state index is 0.113. The number of hydrogen-bond donors (Lipinski definition) is 2. The van der Waals surface area contributed by atoms with E-state index in [-0.39, 0.29) is 11.9 Å². The second-order valence-electron chi connectivity index (χ2n) is 4.68. The van der Waals surface area contributed by atoms with Crippen LogP contribution in [0.4, 0.5) is 5.69 Å². The van der Waals surface area contributed by atoms with E-state index in [1.54, 1.807) is 23.6 Å². The maximum Gasteiger partial charge on any atom is 0.270 e. The van der Waals surface area contributed by atoms with Crippen LogP contribution in [0.5, 0.6) is 0 Å². The van der Waals surface area contributed by atoms with Gasteiger partial charge in [0.05, 0.1) is 17.9 Å². The van der Waals surface area contributed by atoms with E-state index in [9.17, 15) is 4.79 Å². The Morgan fingerprint density at radius 2 is 2.10 bits per heavy atom. The molecule has 0 radical (unpaired) electrons. The van der Waals surface area contributed by atoms with Gasteiger partial charge in [-0.05, 0) is 32.4 Å². The summed E-state index contributed by atoms with van der Waals surface area (Å²) in [5.74, 6) is -0.182. The van der Waals surface area contributed by atoms with Crippen LogP contribution in [0.2, 0.25) is 0 Å².